The molecule has 6 nitrogen and oxygen atoms in total. The molecule has 1 atom stereocenters. The van der Waals surface area contributed by atoms with Crippen molar-refractivity contribution in [2.24, 2.45) is 5.92 Å². The van der Waals surface area contributed by atoms with Crippen LogP contribution in [0.3, 0.4) is 0 Å². The number of urea groups is 1. The van der Waals surface area contributed by atoms with Crippen LogP contribution in [-0.4, -0.2) is 56.2 Å². The minimum absolute atomic E-state index is 0.0872. The van der Waals surface area contributed by atoms with Crippen LogP contribution in [0.5, 0.6) is 5.75 Å². The zero-order chi connectivity index (χ0) is 19.2. The highest BCUT2D eigenvalue weighted by atomic mass is 19.4. The normalized spacial score (nSPS) is 18.6. The van der Waals surface area contributed by atoms with E-state index in [2.05, 4.69) is 34.1 Å². The number of carbonyl (C=O) groups is 1. The first-order valence-corrected chi connectivity index (χ1v) is 8.46. The summed E-state index contributed by atoms with van der Waals surface area (Å²) in [6, 6.07) is 4.50. The number of alkyl halides is 3. The lowest BCUT2D eigenvalue weighted by molar-refractivity contribution is -0.274. The molecule has 1 fully saturated rings. The summed E-state index contributed by atoms with van der Waals surface area (Å²) < 4.78 is 45.7. The SMILES string of the molecule is CC(C)CN1CCOC(CNC(=O)Nc2ccc(OC(F)(F)F)cc2)C1. The molecule has 2 N–H and O–H groups in total. The van der Waals surface area contributed by atoms with Crippen molar-refractivity contribution in [2.45, 2.75) is 26.3 Å². The summed E-state index contributed by atoms with van der Waals surface area (Å²) in [7, 11) is 0. The number of morpholine rings is 1. The molecule has 146 valence electrons. The van der Waals surface area contributed by atoms with Crippen LogP contribution in [0.15, 0.2) is 24.3 Å². The molecule has 0 bridgehead atoms. The van der Waals surface area contributed by atoms with Crippen LogP contribution in [0.2, 0.25) is 0 Å². The summed E-state index contributed by atoms with van der Waals surface area (Å²) in [5.41, 5.74) is 0.364. The fourth-order valence-electron chi connectivity index (χ4n) is 2.71. The van der Waals surface area contributed by atoms with Crippen LogP contribution in [0.4, 0.5) is 23.7 Å². The lowest BCUT2D eigenvalue weighted by Gasteiger charge is -2.33. The summed E-state index contributed by atoms with van der Waals surface area (Å²) in [4.78, 5) is 14.2. The number of ether oxygens (including phenoxy) is 2. The highest BCUT2D eigenvalue weighted by Crippen LogP contribution is 2.23. The van der Waals surface area contributed by atoms with Crippen molar-refractivity contribution in [1.29, 1.82) is 0 Å². The number of carbonyl (C=O) groups excluding carboxylic acids is 1. The van der Waals surface area contributed by atoms with E-state index in [1.165, 1.54) is 12.1 Å². The maximum Gasteiger partial charge on any atom is 0.573 e. The van der Waals surface area contributed by atoms with Crippen LogP contribution >= 0.6 is 0 Å². The summed E-state index contributed by atoms with van der Waals surface area (Å²) in [5, 5.41) is 5.27. The number of nitrogens with one attached hydrogen (secondary N) is 2. The second kappa shape index (κ2) is 9.09. The Morgan fingerprint density at radius 1 is 1.35 bits per heavy atom. The van der Waals surface area contributed by atoms with Crippen LogP contribution in [-0.2, 0) is 4.74 Å². The molecule has 1 aromatic carbocycles. The fraction of sp³-hybridized carbons (Fsp3) is 0.588. The average Bonchev–Trinajstić information content (AvgIpc) is 2.53. The third kappa shape index (κ3) is 7.49. The zero-order valence-corrected chi connectivity index (χ0v) is 14.8. The highest BCUT2D eigenvalue weighted by Gasteiger charge is 2.31. The molecule has 2 rings (SSSR count). The molecule has 1 unspecified atom stereocenters. The third-order valence-corrected chi connectivity index (χ3v) is 3.68. The Balaban J connectivity index is 1.74. The maximum absolute atomic E-state index is 12.1. The second-order valence-corrected chi connectivity index (χ2v) is 6.55. The van der Waals surface area contributed by atoms with Crippen molar-refractivity contribution in [3.8, 4) is 5.75 Å². The maximum atomic E-state index is 12.1. The molecule has 9 heteroatoms. The average molecular weight is 375 g/mol. The Morgan fingerprint density at radius 3 is 2.65 bits per heavy atom. The van der Waals surface area contributed by atoms with E-state index >= 15 is 0 Å². The quantitative estimate of drug-likeness (QED) is 0.802. The molecule has 2 amide bonds. The van der Waals surface area contributed by atoms with Crippen LogP contribution in [0.25, 0.3) is 0 Å². The summed E-state index contributed by atoms with van der Waals surface area (Å²) in [5.74, 6) is 0.221. The summed E-state index contributed by atoms with van der Waals surface area (Å²) in [6.45, 7) is 7.91. The molecular weight excluding hydrogens is 351 g/mol. The standard InChI is InChI=1S/C17H24F3N3O3/c1-12(2)10-23-7-8-25-15(11-23)9-21-16(24)22-13-3-5-14(6-4-13)26-17(18,19)20/h3-6,12,15H,7-11H2,1-2H3,(H2,21,22,24). The van der Waals surface area contributed by atoms with Gasteiger partial charge in [0.15, 0.2) is 0 Å². The van der Waals surface area contributed by atoms with Gasteiger partial charge in [0.25, 0.3) is 0 Å². The van der Waals surface area contributed by atoms with Gasteiger partial charge in [-0.15, -0.1) is 13.2 Å². The molecule has 0 spiro atoms. The lowest BCUT2D eigenvalue weighted by Crippen LogP contribution is -2.48. The first-order valence-electron chi connectivity index (χ1n) is 8.46. The number of hydrogen-bond donors (Lipinski definition) is 2. The van der Waals surface area contributed by atoms with E-state index in [0.29, 0.717) is 24.8 Å². The van der Waals surface area contributed by atoms with E-state index < -0.39 is 12.4 Å². The molecule has 1 aliphatic rings. The first kappa shape index (κ1) is 20.3. The number of amides is 2. The van der Waals surface area contributed by atoms with E-state index in [1.807, 2.05) is 0 Å². The van der Waals surface area contributed by atoms with E-state index in [4.69, 9.17) is 4.74 Å². The molecule has 1 saturated heterocycles. The molecule has 0 saturated carbocycles. The first-order chi connectivity index (χ1) is 12.2. The molecular formula is C17H24F3N3O3. The highest BCUT2D eigenvalue weighted by molar-refractivity contribution is 5.89. The van der Waals surface area contributed by atoms with Gasteiger partial charge >= 0.3 is 12.4 Å². The number of rotatable bonds is 6. The number of hydrogen-bond acceptors (Lipinski definition) is 4. The van der Waals surface area contributed by atoms with Crippen molar-refractivity contribution >= 4 is 11.7 Å². The van der Waals surface area contributed by atoms with Gasteiger partial charge in [0.05, 0.1) is 12.7 Å². The Kier molecular flexibility index (Phi) is 7.10. The van der Waals surface area contributed by atoms with E-state index in [9.17, 15) is 18.0 Å². The molecule has 1 aromatic rings. The predicted octanol–water partition coefficient (Wildman–Crippen LogP) is 3.06. The van der Waals surface area contributed by atoms with Crippen molar-refractivity contribution in [1.82, 2.24) is 10.2 Å². The predicted molar refractivity (Wildman–Crippen MR) is 91.2 cm³/mol. The number of halogens is 3. The third-order valence-electron chi connectivity index (χ3n) is 3.68. The van der Waals surface area contributed by atoms with Crippen LogP contribution in [0.1, 0.15) is 13.8 Å². The van der Waals surface area contributed by atoms with Crippen LogP contribution in [0, 0.1) is 5.92 Å². The largest absolute Gasteiger partial charge is 0.573 e. The van der Waals surface area contributed by atoms with E-state index in [-0.39, 0.29) is 11.9 Å². The Hall–Kier alpha value is -2.00. The Bertz CT molecular complexity index is 579. The van der Waals surface area contributed by atoms with E-state index in [1.54, 1.807) is 0 Å². The molecule has 0 aliphatic carbocycles. The minimum Gasteiger partial charge on any atom is -0.406 e. The zero-order valence-electron chi connectivity index (χ0n) is 14.8. The lowest BCUT2D eigenvalue weighted by atomic mass is 10.2. The van der Waals surface area contributed by atoms with E-state index in [0.717, 1.165) is 31.8 Å². The molecule has 1 heterocycles. The van der Waals surface area contributed by atoms with Gasteiger partial charge in [-0.1, -0.05) is 13.8 Å². The topological polar surface area (TPSA) is 62.8 Å². The fourth-order valence-corrected chi connectivity index (χ4v) is 2.71. The van der Waals surface area contributed by atoms with Gasteiger partial charge in [0.1, 0.15) is 5.75 Å². The molecule has 26 heavy (non-hydrogen) atoms. The van der Waals surface area contributed by atoms with Crippen LogP contribution < -0.4 is 15.4 Å². The second-order valence-electron chi connectivity index (χ2n) is 6.55. The van der Waals surface area contributed by atoms with Gasteiger partial charge in [0, 0.05) is 31.9 Å². The van der Waals surface area contributed by atoms with Crippen molar-refractivity contribution in [2.75, 3.05) is 38.1 Å². The van der Waals surface area contributed by atoms with Gasteiger partial charge in [-0.3, -0.25) is 4.90 Å². The minimum atomic E-state index is -4.74. The number of nitrogens with zero attached hydrogens (tertiary/aromatic N) is 1. The summed E-state index contributed by atoms with van der Waals surface area (Å²) >= 11 is 0. The van der Waals surface area contributed by atoms with Gasteiger partial charge in [0.2, 0.25) is 0 Å². The Labute approximate surface area is 150 Å². The number of benzene rings is 1. The molecule has 0 radical (unpaired) electrons. The smallest absolute Gasteiger partial charge is 0.406 e. The van der Waals surface area contributed by atoms with Gasteiger partial charge in [-0.2, -0.15) is 0 Å². The van der Waals surface area contributed by atoms with Gasteiger partial charge in [-0.05, 0) is 30.2 Å². The van der Waals surface area contributed by atoms with Gasteiger partial charge in [-0.25, -0.2) is 4.79 Å². The summed E-state index contributed by atoms with van der Waals surface area (Å²) in [6.07, 6.45) is -4.83. The Morgan fingerprint density at radius 2 is 2.04 bits per heavy atom. The molecule has 1 aliphatic heterocycles. The van der Waals surface area contributed by atoms with Crippen molar-refractivity contribution in [3.05, 3.63) is 24.3 Å². The molecule has 0 aromatic heterocycles. The number of anilines is 1. The van der Waals surface area contributed by atoms with Crippen molar-refractivity contribution in [3.63, 3.8) is 0 Å². The van der Waals surface area contributed by atoms with Gasteiger partial charge < -0.3 is 20.1 Å². The van der Waals surface area contributed by atoms with Crippen molar-refractivity contribution < 1.29 is 27.4 Å². The monoisotopic (exact) mass is 375 g/mol.